The van der Waals surface area contributed by atoms with Crippen LogP contribution in [0.3, 0.4) is 0 Å². The van der Waals surface area contributed by atoms with Crippen molar-refractivity contribution in [1.82, 2.24) is 10.6 Å². The van der Waals surface area contributed by atoms with Gasteiger partial charge in [0.15, 0.2) is 0 Å². The number of ether oxygens (including phenoxy) is 1. The van der Waals surface area contributed by atoms with Crippen LogP contribution in [0.5, 0.6) is 0 Å². The molecule has 0 heterocycles. The van der Waals surface area contributed by atoms with Gasteiger partial charge in [-0.3, -0.25) is 9.59 Å². The maximum atomic E-state index is 12.6. The van der Waals surface area contributed by atoms with Crippen LogP contribution in [0.2, 0.25) is 0 Å². The lowest BCUT2D eigenvalue weighted by Crippen LogP contribution is -2.40. The lowest BCUT2D eigenvalue weighted by Gasteiger charge is -2.24. The molecule has 1 unspecified atom stereocenters. The van der Waals surface area contributed by atoms with E-state index < -0.39 is 5.41 Å². The number of esters is 1. The Labute approximate surface area is 202 Å². The zero-order valence-corrected chi connectivity index (χ0v) is 20.7. The van der Waals surface area contributed by atoms with E-state index in [0.717, 1.165) is 24.9 Å². The van der Waals surface area contributed by atoms with Gasteiger partial charge in [0.05, 0.1) is 18.9 Å². The number of fused-ring (bicyclic) bond motifs is 1. The average Bonchev–Trinajstić information content (AvgIpc) is 2.86. The van der Waals surface area contributed by atoms with Crippen LogP contribution < -0.4 is 10.6 Å². The van der Waals surface area contributed by atoms with Crippen LogP contribution >= 0.6 is 0 Å². The summed E-state index contributed by atoms with van der Waals surface area (Å²) in [7, 11) is 1.34. The summed E-state index contributed by atoms with van der Waals surface area (Å²) >= 11 is 0. The van der Waals surface area contributed by atoms with Crippen molar-refractivity contribution in [1.29, 1.82) is 0 Å². The van der Waals surface area contributed by atoms with Gasteiger partial charge in [0, 0.05) is 12.6 Å². The lowest BCUT2D eigenvalue weighted by molar-refractivity contribution is -0.140. The van der Waals surface area contributed by atoms with Crippen LogP contribution in [0, 0.1) is 0 Å². The molecular weight excluding hydrogens is 424 g/mol. The minimum atomic E-state index is -0.676. The summed E-state index contributed by atoms with van der Waals surface area (Å²) in [5, 5.41) is 9.06. The second-order valence-corrected chi connectivity index (χ2v) is 9.25. The van der Waals surface area contributed by atoms with Gasteiger partial charge in [-0.1, -0.05) is 66.7 Å². The number of hydrogen-bond acceptors (Lipinski definition) is 4. The first-order valence-corrected chi connectivity index (χ1v) is 12.0. The van der Waals surface area contributed by atoms with Crippen molar-refractivity contribution in [3.63, 3.8) is 0 Å². The molecule has 3 rings (SSSR count). The lowest BCUT2D eigenvalue weighted by atomic mass is 9.83. The van der Waals surface area contributed by atoms with Crippen molar-refractivity contribution in [3.05, 3.63) is 83.4 Å². The summed E-state index contributed by atoms with van der Waals surface area (Å²) in [6.07, 6.45) is 2.18. The molecule has 0 radical (unpaired) electrons. The fourth-order valence-corrected chi connectivity index (χ4v) is 4.17. The quantitative estimate of drug-likeness (QED) is 0.309. The molecule has 3 aromatic carbocycles. The average molecular weight is 461 g/mol. The smallest absolute Gasteiger partial charge is 0.307 e. The van der Waals surface area contributed by atoms with Crippen molar-refractivity contribution < 1.29 is 14.3 Å². The third kappa shape index (κ3) is 6.45. The van der Waals surface area contributed by atoms with Crippen molar-refractivity contribution in [2.45, 2.75) is 51.5 Å². The van der Waals surface area contributed by atoms with E-state index in [1.54, 1.807) is 0 Å². The molecule has 1 atom stereocenters. The Bertz CT molecular complexity index is 1100. The number of carbonyl (C=O) groups is 2. The van der Waals surface area contributed by atoms with Gasteiger partial charge in [0.25, 0.3) is 0 Å². The zero-order chi connectivity index (χ0) is 24.6. The number of nitrogens with one attached hydrogen (secondary N) is 2. The molecule has 0 fully saturated rings. The maximum Gasteiger partial charge on any atom is 0.307 e. The first kappa shape index (κ1) is 25.4. The highest BCUT2D eigenvalue weighted by Gasteiger charge is 2.29. The van der Waals surface area contributed by atoms with E-state index in [1.807, 2.05) is 26.0 Å². The first-order chi connectivity index (χ1) is 16.3. The van der Waals surface area contributed by atoms with Gasteiger partial charge < -0.3 is 15.4 Å². The van der Waals surface area contributed by atoms with Gasteiger partial charge in [0.2, 0.25) is 5.91 Å². The summed E-state index contributed by atoms with van der Waals surface area (Å²) in [6.45, 7) is 7.22. The number of aryl methyl sites for hydroxylation is 1. The van der Waals surface area contributed by atoms with Gasteiger partial charge in [-0.25, -0.2) is 0 Å². The number of methoxy groups -OCH3 is 1. The standard InChI is InChI=1S/C29H36N2O3/c1-21(25-13-7-11-23-10-5-6-12-26(23)25)30-19-8-9-22-14-16-24(17-15-22)29(2,3)28(33)31-20-18-27(32)34-4/h5-7,10-17,21,30H,8-9,18-20H2,1-4H3,(H,31,33). The summed E-state index contributed by atoms with van der Waals surface area (Å²) in [6, 6.07) is 23.5. The molecule has 0 aliphatic carbocycles. The van der Waals surface area contributed by atoms with E-state index in [1.165, 1.54) is 29.0 Å². The van der Waals surface area contributed by atoms with Crippen LogP contribution in [0.4, 0.5) is 0 Å². The molecule has 0 saturated heterocycles. The highest BCUT2D eigenvalue weighted by molar-refractivity contribution is 5.87. The van der Waals surface area contributed by atoms with Crippen LogP contribution in [-0.4, -0.2) is 32.1 Å². The third-order valence-electron chi connectivity index (χ3n) is 6.47. The molecule has 180 valence electrons. The van der Waals surface area contributed by atoms with E-state index in [0.29, 0.717) is 0 Å². The highest BCUT2D eigenvalue weighted by Crippen LogP contribution is 2.25. The molecule has 1 amide bonds. The van der Waals surface area contributed by atoms with Crippen molar-refractivity contribution >= 4 is 22.6 Å². The number of amides is 1. The molecule has 0 spiro atoms. The van der Waals surface area contributed by atoms with Crippen LogP contribution in [-0.2, 0) is 26.2 Å². The van der Waals surface area contributed by atoms with E-state index in [4.69, 9.17) is 0 Å². The molecule has 0 aliphatic heterocycles. The monoisotopic (exact) mass is 460 g/mol. The predicted molar refractivity (Wildman–Crippen MR) is 138 cm³/mol. The molecule has 0 saturated carbocycles. The highest BCUT2D eigenvalue weighted by atomic mass is 16.5. The molecule has 0 aromatic heterocycles. The van der Waals surface area contributed by atoms with Gasteiger partial charge in [0.1, 0.15) is 0 Å². The maximum absolute atomic E-state index is 12.6. The van der Waals surface area contributed by atoms with Gasteiger partial charge in [-0.2, -0.15) is 0 Å². The fraction of sp³-hybridized carbons (Fsp3) is 0.379. The number of carbonyl (C=O) groups excluding carboxylic acids is 2. The number of benzene rings is 3. The Balaban J connectivity index is 1.48. The van der Waals surface area contributed by atoms with E-state index in [9.17, 15) is 9.59 Å². The SMILES string of the molecule is COC(=O)CCNC(=O)C(C)(C)c1ccc(CCCNC(C)c2cccc3ccccc23)cc1. The van der Waals surface area contributed by atoms with E-state index in [-0.39, 0.29) is 30.9 Å². The zero-order valence-electron chi connectivity index (χ0n) is 20.7. The largest absolute Gasteiger partial charge is 0.469 e. The minimum Gasteiger partial charge on any atom is -0.469 e. The Morgan fingerprint density at radius 2 is 1.65 bits per heavy atom. The Morgan fingerprint density at radius 1 is 0.941 bits per heavy atom. The van der Waals surface area contributed by atoms with Crippen LogP contribution in [0.25, 0.3) is 10.8 Å². The molecule has 34 heavy (non-hydrogen) atoms. The van der Waals surface area contributed by atoms with Gasteiger partial charge >= 0.3 is 5.97 Å². The van der Waals surface area contributed by atoms with Gasteiger partial charge in [-0.05, 0) is 67.6 Å². The molecule has 0 aliphatic rings. The summed E-state index contributed by atoms with van der Waals surface area (Å²) in [4.78, 5) is 23.9. The Kier molecular flexibility index (Phi) is 8.83. The fourth-order valence-electron chi connectivity index (χ4n) is 4.17. The van der Waals surface area contributed by atoms with Crippen LogP contribution in [0.15, 0.2) is 66.7 Å². The molecule has 5 nitrogen and oxygen atoms in total. The van der Waals surface area contributed by atoms with Crippen molar-refractivity contribution in [2.75, 3.05) is 20.2 Å². The molecule has 3 aromatic rings. The molecule has 0 bridgehead atoms. The topological polar surface area (TPSA) is 67.4 Å². The van der Waals surface area contributed by atoms with Crippen molar-refractivity contribution in [3.8, 4) is 0 Å². The normalized spacial score (nSPS) is 12.4. The summed E-state index contributed by atoms with van der Waals surface area (Å²) in [5.74, 6) is -0.431. The van der Waals surface area contributed by atoms with Crippen molar-refractivity contribution in [2.24, 2.45) is 0 Å². The first-order valence-electron chi connectivity index (χ1n) is 12.0. The van der Waals surface area contributed by atoms with E-state index in [2.05, 4.69) is 76.9 Å². The molecule has 2 N–H and O–H groups in total. The summed E-state index contributed by atoms with van der Waals surface area (Å²) < 4.78 is 4.61. The number of hydrogen-bond donors (Lipinski definition) is 2. The number of rotatable bonds is 11. The Hall–Kier alpha value is -3.18. The molecular formula is C29H36N2O3. The molecule has 5 heteroatoms. The summed E-state index contributed by atoms with van der Waals surface area (Å²) in [5.41, 5.74) is 2.86. The Morgan fingerprint density at radius 3 is 2.38 bits per heavy atom. The minimum absolute atomic E-state index is 0.101. The van der Waals surface area contributed by atoms with E-state index >= 15 is 0 Å². The second kappa shape index (κ2) is 11.8. The second-order valence-electron chi connectivity index (χ2n) is 9.25. The van der Waals surface area contributed by atoms with Gasteiger partial charge in [-0.15, -0.1) is 0 Å². The van der Waals surface area contributed by atoms with Crippen LogP contribution in [0.1, 0.15) is 56.3 Å². The third-order valence-corrected chi connectivity index (χ3v) is 6.47. The predicted octanol–water partition coefficient (Wildman–Crippen LogP) is 5.08.